The molecule has 5 aromatic rings. The zero-order valence-corrected chi connectivity index (χ0v) is 15.9. The third-order valence-corrected chi connectivity index (χ3v) is 4.44. The monoisotopic (exact) mass is 522 g/mol. The minimum atomic E-state index is 0. The molecule has 2 heterocycles. The Bertz CT molecular complexity index is 1200. The third kappa shape index (κ3) is 2.63. The number of fused-ring (bicyclic) bond motifs is 3. The first-order chi connectivity index (χ1) is 11.8. The molecule has 0 atom stereocenters. The Balaban J connectivity index is 0.00000157. The molecule has 3 aromatic carbocycles. The van der Waals surface area contributed by atoms with Crippen molar-refractivity contribution in [3.8, 4) is 11.5 Å². The molecule has 0 bridgehead atoms. The van der Waals surface area contributed by atoms with Crippen LogP contribution in [0.3, 0.4) is 0 Å². The molecule has 2 aromatic heterocycles. The molecule has 5 rings (SSSR count). The molecule has 0 unspecified atom stereocenters. The van der Waals surface area contributed by atoms with Crippen molar-refractivity contribution in [1.82, 2.24) is 10.2 Å². The fourth-order valence-electron chi connectivity index (χ4n) is 3.00. The van der Waals surface area contributed by atoms with Gasteiger partial charge in [-0.25, -0.2) is 0 Å². The number of aromatic nitrogens is 2. The molecule has 0 aliphatic rings. The van der Waals surface area contributed by atoms with E-state index in [1.807, 2.05) is 42.5 Å². The molecule has 0 N–H and O–H groups in total. The van der Waals surface area contributed by atoms with Crippen molar-refractivity contribution in [2.75, 3.05) is 0 Å². The van der Waals surface area contributed by atoms with Gasteiger partial charge in [-0.15, -0.1) is 22.6 Å². The number of nitrogens with zero attached hydrogens (tertiary/aromatic N) is 2. The SMILES string of the molecule is Clc1nnc(-c2[c-]c3ccccc3o2)c2cc3ccccc3cc12.[Ir]. The van der Waals surface area contributed by atoms with Crippen molar-refractivity contribution in [2.45, 2.75) is 0 Å². The molecule has 0 amide bonds. The summed E-state index contributed by atoms with van der Waals surface area (Å²) in [5, 5.41) is 13.7. The average Bonchev–Trinajstić information content (AvgIpc) is 3.04. The Hall–Kier alpha value is -2.26. The van der Waals surface area contributed by atoms with Gasteiger partial charge < -0.3 is 4.42 Å². The molecular weight excluding hydrogens is 512 g/mol. The Labute approximate surface area is 162 Å². The Kier molecular flexibility index (Phi) is 4.04. The first kappa shape index (κ1) is 16.2. The zero-order chi connectivity index (χ0) is 16.1. The first-order valence-corrected chi connectivity index (χ1v) is 7.93. The van der Waals surface area contributed by atoms with Crippen LogP contribution in [0.15, 0.2) is 65.1 Å². The van der Waals surface area contributed by atoms with Crippen LogP contribution in [0.2, 0.25) is 5.15 Å². The van der Waals surface area contributed by atoms with Gasteiger partial charge >= 0.3 is 0 Å². The van der Waals surface area contributed by atoms with Gasteiger partial charge in [-0.05, 0) is 22.2 Å². The van der Waals surface area contributed by atoms with E-state index in [0.717, 1.165) is 32.5 Å². The van der Waals surface area contributed by atoms with E-state index in [4.69, 9.17) is 16.0 Å². The van der Waals surface area contributed by atoms with Gasteiger partial charge in [-0.3, -0.25) is 0 Å². The van der Waals surface area contributed by atoms with Crippen LogP contribution in [0.4, 0.5) is 0 Å². The molecule has 5 heteroatoms. The number of furan rings is 1. The summed E-state index contributed by atoms with van der Waals surface area (Å²) in [5.41, 5.74) is 1.43. The predicted octanol–water partition coefficient (Wildman–Crippen LogP) is 5.65. The van der Waals surface area contributed by atoms with Gasteiger partial charge in [0, 0.05) is 31.1 Å². The van der Waals surface area contributed by atoms with Gasteiger partial charge in [0.2, 0.25) is 0 Å². The molecule has 3 nitrogen and oxygen atoms in total. The summed E-state index contributed by atoms with van der Waals surface area (Å²) in [6.07, 6.45) is 0. The number of benzene rings is 3. The summed E-state index contributed by atoms with van der Waals surface area (Å²) in [6.45, 7) is 0. The van der Waals surface area contributed by atoms with E-state index in [0.29, 0.717) is 16.6 Å². The zero-order valence-electron chi connectivity index (χ0n) is 12.8. The number of hydrogen-bond acceptors (Lipinski definition) is 3. The van der Waals surface area contributed by atoms with E-state index >= 15 is 0 Å². The smallest absolute Gasteiger partial charge is 0.157 e. The molecule has 0 aliphatic carbocycles. The van der Waals surface area contributed by atoms with E-state index in [1.165, 1.54) is 0 Å². The second-order valence-corrected chi connectivity index (χ2v) is 5.99. The van der Waals surface area contributed by atoms with Crippen LogP contribution < -0.4 is 0 Å². The number of halogens is 1. The van der Waals surface area contributed by atoms with E-state index < -0.39 is 0 Å². The minimum absolute atomic E-state index is 0. The van der Waals surface area contributed by atoms with E-state index in [2.05, 4.69) is 34.5 Å². The predicted molar refractivity (Wildman–Crippen MR) is 96.1 cm³/mol. The van der Waals surface area contributed by atoms with Gasteiger partial charge in [0.1, 0.15) is 0 Å². The van der Waals surface area contributed by atoms with Crippen LogP contribution in [0, 0.1) is 6.07 Å². The standard InChI is InChI=1S/C20H10ClN2O.Ir/c21-20-16-10-13-6-2-1-5-12(13)9-15(16)19(22-23-20)18-11-14-7-3-4-8-17(14)24-18;/h1-10H;/q-1;. The maximum atomic E-state index is 6.28. The van der Waals surface area contributed by atoms with Crippen LogP contribution in [-0.2, 0) is 20.1 Å². The second kappa shape index (κ2) is 6.23. The molecule has 25 heavy (non-hydrogen) atoms. The largest absolute Gasteiger partial charge is 0.518 e. The normalized spacial score (nSPS) is 11.1. The quantitative estimate of drug-likeness (QED) is 0.211. The van der Waals surface area contributed by atoms with Crippen LogP contribution in [-0.4, -0.2) is 10.2 Å². The Morgan fingerprint density at radius 1 is 0.840 bits per heavy atom. The van der Waals surface area contributed by atoms with Crippen molar-refractivity contribution < 1.29 is 24.5 Å². The van der Waals surface area contributed by atoms with Crippen molar-refractivity contribution in [1.29, 1.82) is 0 Å². The fourth-order valence-corrected chi connectivity index (χ4v) is 3.19. The van der Waals surface area contributed by atoms with Crippen molar-refractivity contribution >= 4 is 44.1 Å². The minimum Gasteiger partial charge on any atom is -0.518 e. The summed E-state index contributed by atoms with van der Waals surface area (Å²) in [6, 6.07) is 23.3. The molecule has 123 valence electrons. The number of hydrogen-bond donors (Lipinski definition) is 0. The van der Waals surface area contributed by atoms with Gasteiger partial charge in [0.05, 0.1) is 11.5 Å². The summed E-state index contributed by atoms with van der Waals surface area (Å²) < 4.78 is 5.91. The van der Waals surface area contributed by atoms with Crippen LogP contribution >= 0.6 is 11.6 Å². The number of para-hydroxylation sites is 1. The van der Waals surface area contributed by atoms with Gasteiger partial charge in [0.15, 0.2) is 5.15 Å². The van der Waals surface area contributed by atoms with Crippen molar-refractivity contribution in [2.24, 2.45) is 0 Å². The fraction of sp³-hybridized carbons (Fsp3) is 0. The van der Waals surface area contributed by atoms with Crippen molar-refractivity contribution in [3.05, 3.63) is 71.9 Å². The molecule has 0 saturated carbocycles. The van der Waals surface area contributed by atoms with Gasteiger partial charge in [0.25, 0.3) is 0 Å². The summed E-state index contributed by atoms with van der Waals surface area (Å²) in [5.74, 6) is 0.570. The van der Waals surface area contributed by atoms with Crippen LogP contribution in [0.5, 0.6) is 0 Å². The van der Waals surface area contributed by atoms with E-state index in [9.17, 15) is 0 Å². The number of rotatable bonds is 1. The molecule has 0 saturated heterocycles. The molecule has 0 aliphatic heterocycles. The van der Waals surface area contributed by atoms with E-state index in [-0.39, 0.29) is 20.1 Å². The maximum absolute atomic E-state index is 6.28. The van der Waals surface area contributed by atoms with Crippen LogP contribution in [0.25, 0.3) is 44.0 Å². The van der Waals surface area contributed by atoms with E-state index in [1.54, 1.807) is 0 Å². The Morgan fingerprint density at radius 2 is 1.52 bits per heavy atom. The summed E-state index contributed by atoms with van der Waals surface area (Å²) >= 11 is 6.28. The van der Waals surface area contributed by atoms with Gasteiger partial charge in [-0.2, -0.15) is 5.10 Å². The van der Waals surface area contributed by atoms with Gasteiger partial charge in [-0.1, -0.05) is 60.1 Å². The summed E-state index contributed by atoms with van der Waals surface area (Å²) in [4.78, 5) is 0. The third-order valence-electron chi connectivity index (χ3n) is 4.16. The summed E-state index contributed by atoms with van der Waals surface area (Å²) in [7, 11) is 0. The Morgan fingerprint density at radius 3 is 2.28 bits per heavy atom. The first-order valence-electron chi connectivity index (χ1n) is 7.55. The van der Waals surface area contributed by atoms with Crippen molar-refractivity contribution in [3.63, 3.8) is 0 Å². The second-order valence-electron chi connectivity index (χ2n) is 5.64. The topological polar surface area (TPSA) is 38.9 Å². The molecule has 1 radical (unpaired) electrons. The molecular formula is C20H10ClIrN2O-. The molecule has 0 spiro atoms. The average molecular weight is 522 g/mol. The molecule has 0 fully saturated rings. The van der Waals surface area contributed by atoms with Crippen LogP contribution in [0.1, 0.15) is 0 Å². The maximum Gasteiger partial charge on any atom is 0.157 e.